The fourth-order valence-corrected chi connectivity index (χ4v) is 2.88. The Kier molecular flexibility index (Phi) is 5.27. The molecule has 0 atom stereocenters. The average molecular weight is 321 g/mol. The van der Waals surface area contributed by atoms with Gasteiger partial charge in [-0.1, -0.05) is 19.4 Å². The van der Waals surface area contributed by atoms with E-state index in [1.807, 2.05) is 0 Å². The van der Waals surface area contributed by atoms with Gasteiger partial charge in [0.1, 0.15) is 11.5 Å². The van der Waals surface area contributed by atoms with Gasteiger partial charge >= 0.3 is 0 Å². The summed E-state index contributed by atoms with van der Waals surface area (Å²) < 4.78 is 32.4. The molecule has 0 saturated heterocycles. The molecule has 0 radical (unpaired) electrons. The van der Waals surface area contributed by atoms with E-state index in [1.54, 1.807) is 24.3 Å². The molecule has 0 spiro atoms. The van der Waals surface area contributed by atoms with Gasteiger partial charge < -0.3 is 9.84 Å². The SMILES string of the molecule is CCCCOc1ccc(S(=O)(=O)Nc2cccc(O)c2)cc1. The maximum atomic E-state index is 12.3. The van der Waals surface area contributed by atoms with Crippen LogP contribution in [0.1, 0.15) is 19.8 Å². The normalized spacial score (nSPS) is 11.1. The van der Waals surface area contributed by atoms with E-state index in [4.69, 9.17) is 4.74 Å². The zero-order valence-electron chi connectivity index (χ0n) is 12.3. The Morgan fingerprint density at radius 3 is 2.50 bits per heavy atom. The predicted octanol–water partition coefficient (Wildman–Crippen LogP) is 3.37. The first-order valence-corrected chi connectivity index (χ1v) is 8.54. The van der Waals surface area contributed by atoms with Crippen molar-refractivity contribution in [3.05, 3.63) is 48.5 Å². The van der Waals surface area contributed by atoms with Crippen LogP contribution >= 0.6 is 0 Å². The van der Waals surface area contributed by atoms with Gasteiger partial charge in [0.05, 0.1) is 17.2 Å². The zero-order chi connectivity index (χ0) is 16.0. The molecule has 0 aromatic heterocycles. The Hall–Kier alpha value is -2.21. The predicted molar refractivity (Wildman–Crippen MR) is 85.8 cm³/mol. The Bertz CT molecular complexity index is 711. The van der Waals surface area contributed by atoms with Crippen LogP contribution in [-0.4, -0.2) is 20.1 Å². The number of benzene rings is 2. The standard InChI is InChI=1S/C16H19NO4S/c1-2-3-11-21-15-7-9-16(10-8-15)22(19,20)17-13-5-4-6-14(18)12-13/h4-10,12,17-18H,2-3,11H2,1H3. The molecule has 0 unspecified atom stereocenters. The minimum atomic E-state index is -3.69. The summed E-state index contributed by atoms with van der Waals surface area (Å²) in [5, 5.41) is 9.37. The van der Waals surface area contributed by atoms with E-state index < -0.39 is 10.0 Å². The first-order valence-electron chi connectivity index (χ1n) is 7.06. The molecule has 5 nitrogen and oxygen atoms in total. The van der Waals surface area contributed by atoms with Crippen molar-refractivity contribution in [1.82, 2.24) is 0 Å². The molecule has 0 heterocycles. The second-order valence-electron chi connectivity index (χ2n) is 4.83. The van der Waals surface area contributed by atoms with Gasteiger partial charge in [-0.2, -0.15) is 0 Å². The summed E-state index contributed by atoms with van der Waals surface area (Å²) in [6, 6.07) is 12.2. The molecule has 0 saturated carbocycles. The van der Waals surface area contributed by atoms with E-state index in [9.17, 15) is 13.5 Å². The van der Waals surface area contributed by atoms with Crippen molar-refractivity contribution < 1.29 is 18.3 Å². The van der Waals surface area contributed by atoms with Crippen molar-refractivity contribution in [2.75, 3.05) is 11.3 Å². The summed E-state index contributed by atoms with van der Waals surface area (Å²) in [7, 11) is -3.69. The summed E-state index contributed by atoms with van der Waals surface area (Å²) in [5.41, 5.74) is 0.309. The van der Waals surface area contributed by atoms with Crippen molar-refractivity contribution in [2.45, 2.75) is 24.7 Å². The minimum Gasteiger partial charge on any atom is -0.508 e. The molecule has 2 N–H and O–H groups in total. The second-order valence-corrected chi connectivity index (χ2v) is 6.51. The number of sulfonamides is 1. The molecule has 0 bridgehead atoms. The van der Waals surface area contributed by atoms with Gasteiger partial charge in [-0.05, 0) is 42.8 Å². The third kappa shape index (κ3) is 4.39. The highest BCUT2D eigenvalue weighted by Crippen LogP contribution is 2.21. The van der Waals surface area contributed by atoms with Gasteiger partial charge in [-0.15, -0.1) is 0 Å². The smallest absolute Gasteiger partial charge is 0.261 e. The fourth-order valence-electron chi connectivity index (χ4n) is 1.83. The van der Waals surface area contributed by atoms with Crippen LogP contribution in [-0.2, 0) is 10.0 Å². The van der Waals surface area contributed by atoms with Crippen LogP contribution in [0.5, 0.6) is 11.5 Å². The number of phenolic OH excluding ortho intramolecular Hbond substituents is 1. The Labute approximate surface area is 130 Å². The third-order valence-electron chi connectivity index (χ3n) is 3.00. The molecule has 0 fully saturated rings. The van der Waals surface area contributed by atoms with Crippen LogP contribution in [0.15, 0.2) is 53.4 Å². The first-order chi connectivity index (χ1) is 10.5. The quantitative estimate of drug-likeness (QED) is 0.767. The Balaban J connectivity index is 2.09. The number of unbranched alkanes of at least 4 members (excludes halogenated alkanes) is 1. The lowest BCUT2D eigenvalue weighted by Gasteiger charge is -2.09. The maximum absolute atomic E-state index is 12.3. The fraction of sp³-hybridized carbons (Fsp3) is 0.250. The number of aromatic hydroxyl groups is 1. The van der Waals surface area contributed by atoms with Crippen LogP contribution in [0.4, 0.5) is 5.69 Å². The van der Waals surface area contributed by atoms with Crippen LogP contribution in [0.3, 0.4) is 0 Å². The van der Waals surface area contributed by atoms with Crippen LogP contribution < -0.4 is 9.46 Å². The van der Waals surface area contributed by atoms with Crippen LogP contribution in [0.25, 0.3) is 0 Å². The monoisotopic (exact) mass is 321 g/mol. The molecule has 22 heavy (non-hydrogen) atoms. The number of ether oxygens (including phenoxy) is 1. The van der Waals surface area contributed by atoms with E-state index in [1.165, 1.54) is 24.3 Å². The first kappa shape index (κ1) is 16.2. The number of phenols is 1. The molecule has 2 aromatic carbocycles. The molecule has 0 aliphatic heterocycles. The molecule has 2 aromatic rings. The van der Waals surface area contributed by atoms with Gasteiger partial charge in [-0.3, -0.25) is 4.72 Å². The lowest BCUT2D eigenvalue weighted by atomic mass is 10.3. The summed E-state index contributed by atoms with van der Waals surface area (Å²) in [6.07, 6.45) is 2.00. The molecule has 0 amide bonds. The lowest BCUT2D eigenvalue weighted by Crippen LogP contribution is -2.12. The molecule has 6 heteroatoms. The lowest BCUT2D eigenvalue weighted by molar-refractivity contribution is 0.309. The van der Waals surface area contributed by atoms with Gasteiger partial charge in [0.25, 0.3) is 10.0 Å². The highest BCUT2D eigenvalue weighted by molar-refractivity contribution is 7.92. The summed E-state index contributed by atoms with van der Waals surface area (Å²) >= 11 is 0. The van der Waals surface area contributed by atoms with Crippen molar-refractivity contribution in [1.29, 1.82) is 0 Å². The van der Waals surface area contributed by atoms with E-state index in [-0.39, 0.29) is 10.6 Å². The minimum absolute atomic E-state index is 0.000118. The van der Waals surface area contributed by atoms with E-state index in [0.29, 0.717) is 18.0 Å². The van der Waals surface area contributed by atoms with Crippen molar-refractivity contribution in [3.8, 4) is 11.5 Å². The summed E-state index contributed by atoms with van der Waals surface area (Å²) in [4.78, 5) is 0.138. The largest absolute Gasteiger partial charge is 0.508 e. The number of rotatable bonds is 7. The highest BCUT2D eigenvalue weighted by Gasteiger charge is 2.14. The van der Waals surface area contributed by atoms with Gasteiger partial charge in [0.15, 0.2) is 0 Å². The molecule has 0 aliphatic rings. The van der Waals surface area contributed by atoms with Crippen molar-refractivity contribution in [3.63, 3.8) is 0 Å². The van der Waals surface area contributed by atoms with E-state index in [2.05, 4.69) is 11.6 Å². The topological polar surface area (TPSA) is 75.6 Å². The van der Waals surface area contributed by atoms with Crippen molar-refractivity contribution >= 4 is 15.7 Å². The number of nitrogens with one attached hydrogen (secondary N) is 1. The van der Waals surface area contributed by atoms with Crippen molar-refractivity contribution in [2.24, 2.45) is 0 Å². The highest BCUT2D eigenvalue weighted by atomic mass is 32.2. The van der Waals surface area contributed by atoms with Crippen LogP contribution in [0, 0.1) is 0 Å². The van der Waals surface area contributed by atoms with Gasteiger partial charge in [-0.25, -0.2) is 8.42 Å². The molecule has 2 rings (SSSR count). The molecular formula is C16H19NO4S. The number of anilines is 1. The second kappa shape index (κ2) is 7.17. The summed E-state index contributed by atoms with van der Waals surface area (Å²) in [5.74, 6) is 0.643. The van der Waals surface area contributed by atoms with E-state index in [0.717, 1.165) is 12.8 Å². The Morgan fingerprint density at radius 2 is 1.86 bits per heavy atom. The zero-order valence-corrected chi connectivity index (χ0v) is 13.1. The molecule has 118 valence electrons. The van der Waals surface area contributed by atoms with Gasteiger partial charge in [0.2, 0.25) is 0 Å². The third-order valence-corrected chi connectivity index (χ3v) is 4.40. The molecular weight excluding hydrogens is 302 g/mol. The number of hydrogen-bond donors (Lipinski definition) is 2. The Morgan fingerprint density at radius 1 is 1.14 bits per heavy atom. The van der Waals surface area contributed by atoms with Crippen LogP contribution in [0.2, 0.25) is 0 Å². The summed E-state index contributed by atoms with van der Waals surface area (Å²) in [6.45, 7) is 2.69. The number of hydrogen-bond acceptors (Lipinski definition) is 4. The molecule has 0 aliphatic carbocycles. The van der Waals surface area contributed by atoms with Gasteiger partial charge in [0, 0.05) is 6.07 Å². The maximum Gasteiger partial charge on any atom is 0.261 e. The average Bonchev–Trinajstić information content (AvgIpc) is 2.47. The van der Waals surface area contributed by atoms with E-state index >= 15 is 0 Å².